The van der Waals surface area contributed by atoms with E-state index in [1.54, 1.807) is 20.3 Å². The van der Waals surface area contributed by atoms with Gasteiger partial charge in [0.05, 0.1) is 5.69 Å². The number of benzene rings is 1. The summed E-state index contributed by atoms with van der Waals surface area (Å²) in [6.07, 6.45) is 5.52. The van der Waals surface area contributed by atoms with Crippen LogP contribution in [0.5, 0.6) is 0 Å². The molecule has 0 amide bonds. The number of hydrogen-bond donors (Lipinski definition) is 1. The Morgan fingerprint density at radius 1 is 1.35 bits per heavy atom. The molecule has 1 unspecified atom stereocenters. The van der Waals surface area contributed by atoms with E-state index in [0.717, 1.165) is 31.3 Å². The number of aromatic nitrogens is 1. The predicted octanol–water partition coefficient (Wildman–Crippen LogP) is 5.93. The summed E-state index contributed by atoms with van der Waals surface area (Å²) in [5.41, 5.74) is 7.74. The number of nitrogens with zero attached hydrogens (tertiary/aromatic N) is 1. The molecule has 2 aromatic rings. The largest absolute Gasteiger partial charge is 0.441 e. The maximum absolute atomic E-state index is 13.4. The van der Waals surface area contributed by atoms with Crippen LogP contribution in [0.4, 0.5) is 10.1 Å². The van der Waals surface area contributed by atoms with Crippen molar-refractivity contribution in [2.75, 3.05) is 20.0 Å². The zero-order valence-corrected chi connectivity index (χ0v) is 16.8. The number of nitrogen functional groups attached to an aromatic ring is 1. The minimum Gasteiger partial charge on any atom is -0.441 e. The van der Waals surface area contributed by atoms with Gasteiger partial charge in [0.2, 0.25) is 0 Å². The maximum Gasteiger partial charge on any atom is 0.195 e. The molecular weight excluding hydrogens is 331 g/mol. The Kier molecular flexibility index (Phi) is 12.0. The minimum atomic E-state index is -0.471. The molecule has 0 aliphatic carbocycles. The summed E-state index contributed by atoms with van der Waals surface area (Å²) in [5, 5.41) is 0. The van der Waals surface area contributed by atoms with Crippen molar-refractivity contribution in [1.82, 2.24) is 4.98 Å². The molecule has 0 saturated carbocycles. The highest BCUT2D eigenvalue weighted by Crippen LogP contribution is 2.23. The fourth-order valence-electron chi connectivity index (χ4n) is 2.17. The standard InChI is InChI=1S/C17H21FN2O.C2H6O.C2H6/c1-4-11(2)5-6-12(3)7-8-17-20-15-10-14(19)13(18)9-16(15)21-17;1-3-2;1-2/h4,9-10,12H,1-2,5-8,19H2,3H3;1-2H3;1-2H3. The van der Waals surface area contributed by atoms with Crippen LogP contribution in [0.1, 0.15) is 45.9 Å². The number of allylic oxidation sites excluding steroid dienone is 2. The van der Waals surface area contributed by atoms with Crippen LogP contribution < -0.4 is 5.73 Å². The summed E-state index contributed by atoms with van der Waals surface area (Å²) in [6, 6.07) is 2.80. The first-order valence-electron chi connectivity index (χ1n) is 8.96. The van der Waals surface area contributed by atoms with Crippen molar-refractivity contribution in [3.63, 3.8) is 0 Å². The molecule has 4 nitrogen and oxygen atoms in total. The van der Waals surface area contributed by atoms with Gasteiger partial charge in [-0.15, -0.1) is 0 Å². The molecular formula is C21H33FN2O2. The van der Waals surface area contributed by atoms with E-state index in [1.165, 1.54) is 12.1 Å². The summed E-state index contributed by atoms with van der Waals surface area (Å²) in [5.74, 6) is 0.699. The Bertz CT molecular complexity index is 641. The number of methoxy groups -OCH3 is 1. The molecule has 0 bridgehead atoms. The van der Waals surface area contributed by atoms with E-state index in [2.05, 4.69) is 29.8 Å². The quantitative estimate of drug-likeness (QED) is 0.488. The third-order valence-electron chi connectivity index (χ3n) is 3.65. The Balaban J connectivity index is 0.00000113. The fraction of sp³-hybridized carbons (Fsp3) is 0.476. The van der Waals surface area contributed by atoms with Crippen LogP contribution in [-0.2, 0) is 11.2 Å². The highest BCUT2D eigenvalue weighted by atomic mass is 19.1. The number of rotatable bonds is 7. The summed E-state index contributed by atoms with van der Waals surface area (Å²) in [7, 11) is 3.25. The normalized spacial score (nSPS) is 11.0. The summed E-state index contributed by atoms with van der Waals surface area (Å²) in [6.45, 7) is 13.8. The van der Waals surface area contributed by atoms with Gasteiger partial charge in [0.1, 0.15) is 11.3 Å². The topological polar surface area (TPSA) is 61.3 Å². The SMILES string of the molecule is C=CC(=C)CCC(C)CCc1nc2cc(N)c(F)cc2o1.CC.COC. The van der Waals surface area contributed by atoms with Crippen molar-refractivity contribution in [1.29, 1.82) is 0 Å². The lowest BCUT2D eigenvalue weighted by Crippen LogP contribution is -1.98. The Morgan fingerprint density at radius 3 is 2.54 bits per heavy atom. The van der Waals surface area contributed by atoms with Crippen molar-refractivity contribution in [2.24, 2.45) is 5.92 Å². The van der Waals surface area contributed by atoms with Gasteiger partial charge in [0.15, 0.2) is 11.5 Å². The summed E-state index contributed by atoms with van der Waals surface area (Å²) >= 11 is 0. The van der Waals surface area contributed by atoms with Gasteiger partial charge in [0.25, 0.3) is 0 Å². The van der Waals surface area contributed by atoms with Crippen molar-refractivity contribution >= 4 is 16.8 Å². The molecule has 0 aliphatic rings. The van der Waals surface area contributed by atoms with Gasteiger partial charge in [0, 0.05) is 26.7 Å². The summed E-state index contributed by atoms with van der Waals surface area (Å²) in [4.78, 5) is 4.35. The second-order valence-electron chi connectivity index (χ2n) is 5.90. The molecule has 0 fully saturated rings. The predicted molar refractivity (Wildman–Crippen MR) is 109 cm³/mol. The van der Waals surface area contributed by atoms with Crippen LogP contribution in [0.25, 0.3) is 11.1 Å². The van der Waals surface area contributed by atoms with Crippen LogP contribution >= 0.6 is 0 Å². The molecule has 1 aromatic carbocycles. The lowest BCUT2D eigenvalue weighted by Gasteiger charge is -2.09. The highest BCUT2D eigenvalue weighted by Gasteiger charge is 2.11. The van der Waals surface area contributed by atoms with Crippen molar-refractivity contribution in [2.45, 2.75) is 46.5 Å². The molecule has 2 rings (SSSR count). The van der Waals surface area contributed by atoms with E-state index >= 15 is 0 Å². The lowest BCUT2D eigenvalue weighted by atomic mass is 9.97. The van der Waals surface area contributed by atoms with E-state index in [0.29, 0.717) is 22.9 Å². The molecule has 5 heteroatoms. The van der Waals surface area contributed by atoms with Crippen LogP contribution in [0.3, 0.4) is 0 Å². The van der Waals surface area contributed by atoms with Gasteiger partial charge in [-0.2, -0.15) is 0 Å². The first-order chi connectivity index (χ1) is 12.4. The zero-order valence-electron chi connectivity index (χ0n) is 16.8. The molecule has 1 heterocycles. The number of aryl methyl sites for hydroxylation is 1. The van der Waals surface area contributed by atoms with Crippen LogP contribution in [0.15, 0.2) is 41.4 Å². The second-order valence-corrected chi connectivity index (χ2v) is 5.90. The van der Waals surface area contributed by atoms with E-state index in [4.69, 9.17) is 10.2 Å². The van der Waals surface area contributed by atoms with Gasteiger partial charge in [-0.1, -0.05) is 45.6 Å². The Hall–Kier alpha value is -2.14. The molecule has 1 atom stereocenters. The number of fused-ring (bicyclic) bond motifs is 1. The molecule has 0 aliphatic heterocycles. The molecule has 26 heavy (non-hydrogen) atoms. The van der Waals surface area contributed by atoms with Gasteiger partial charge >= 0.3 is 0 Å². The third kappa shape index (κ3) is 8.30. The number of anilines is 1. The smallest absolute Gasteiger partial charge is 0.195 e. The van der Waals surface area contributed by atoms with E-state index in [-0.39, 0.29) is 5.69 Å². The zero-order chi connectivity index (χ0) is 20.1. The number of ether oxygens (including phenoxy) is 1. The average molecular weight is 365 g/mol. The number of nitrogens with two attached hydrogens (primary N) is 1. The van der Waals surface area contributed by atoms with E-state index in [1.807, 2.05) is 13.8 Å². The maximum atomic E-state index is 13.4. The molecule has 0 saturated heterocycles. The van der Waals surface area contributed by atoms with Crippen molar-refractivity contribution in [3.8, 4) is 0 Å². The highest BCUT2D eigenvalue weighted by molar-refractivity contribution is 5.77. The van der Waals surface area contributed by atoms with Crippen molar-refractivity contribution < 1.29 is 13.5 Å². The first-order valence-corrected chi connectivity index (χ1v) is 8.96. The van der Waals surface area contributed by atoms with Gasteiger partial charge in [-0.3, -0.25) is 0 Å². The molecule has 146 valence electrons. The molecule has 0 radical (unpaired) electrons. The minimum absolute atomic E-state index is 0.0960. The van der Waals surface area contributed by atoms with Gasteiger partial charge in [-0.05, 0) is 31.2 Å². The first kappa shape index (κ1) is 23.9. The van der Waals surface area contributed by atoms with Gasteiger partial charge in [-0.25, -0.2) is 9.37 Å². The monoisotopic (exact) mass is 364 g/mol. The fourth-order valence-corrected chi connectivity index (χ4v) is 2.17. The second kappa shape index (κ2) is 13.1. The number of oxazole rings is 1. The van der Waals surface area contributed by atoms with Crippen LogP contribution in [0, 0.1) is 11.7 Å². The molecule has 0 spiro atoms. The van der Waals surface area contributed by atoms with Crippen molar-refractivity contribution in [3.05, 3.63) is 48.6 Å². The Labute approximate surface area is 156 Å². The summed E-state index contributed by atoms with van der Waals surface area (Å²) < 4.78 is 23.2. The Morgan fingerprint density at radius 2 is 1.96 bits per heavy atom. The number of halogens is 1. The lowest BCUT2D eigenvalue weighted by molar-refractivity contribution is 0.277. The molecule has 1 aromatic heterocycles. The molecule has 2 N–H and O–H groups in total. The van der Waals surface area contributed by atoms with Crippen LogP contribution in [0.2, 0.25) is 0 Å². The average Bonchev–Trinajstić information content (AvgIpc) is 3.02. The number of hydrogen-bond acceptors (Lipinski definition) is 4. The van der Waals surface area contributed by atoms with E-state index < -0.39 is 5.82 Å². The van der Waals surface area contributed by atoms with Gasteiger partial charge < -0.3 is 14.9 Å². The van der Waals surface area contributed by atoms with E-state index in [9.17, 15) is 4.39 Å². The van der Waals surface area contributed by atoms with Crippen LogP contribution in [-0.4, -0.2) is 19.2 Å². The third-order valence-corrected chi connectivity index (χ3v) is 3.65.